The molecule has 0 atom stereocenters. The fourth-order valence-corrected chi connectivity index (χ4v) is 1.50. The zero-order valence-electron chi connectivity index (χ0n) is 7.25. The third-order valence-corrected chi connectivity index (χ3v) is 2.21. The fraction of sp³-hybridized carbons (Fsp3) is 0.222. The fourth-order valence-electron chi connectivity index (χ4n) is 1.25. The second-order valence-corrected chi connectivity index (χ2v) is 3.25. The Morgan fingerprint density at radius 2 is 1.86 bits per heavy atom. The molecule has 0 aromatic heterocycles. The molecule has 0 radical (unpaired) electrons. The number of hydrogen-bond donors (Lipinski definition) is 1. The number of carbonyl (C=O) groups is 1. The van der Waals surface area contributed by atoms with E-state index in [0.717, 1.165) is 0 Å². The van der Waals surface area contributed by atoms with Crippen molar-refractivity contribution in [2.24, 2.45) is 5.73 Å². The molecule has 0 unspecified atom stereocenters. The Hall–Kier alpha value is -1.42. The first-order valence-corrected chi connectivity index (χ1v) is 4.45. The number of rotatable bonds is 1. The van der Waals surface area contributed by atoms with Gasteiger partial charge in [-0.05, 0) is 6.07 Å². The number of hydrogen-bond acceptors (Lipinski definition) is 3. The lowest BCUT2D eigenvalue weighted by Crippen LogP contribution is -2.17. The third-order valence-electron chi connectivity index (χ3n) is 1.90. The van der Waals surface area contributed by atoms with Crippen molar-refractivity contribution in [3.05, 3.63) is 22.7 Å². The monoisotopic (exact) mass is 213 g/mol. The molecule has 14 heavy (non-hydrogen) atoms. The van der Waals surface area contributed by atoms with Crippen LogP contribution >= 0.6 is 11.6 Å². The molecule has 0 fully saturated rings. The molecule has 2 N–H and O–H groups in total. The lowest BCUT2D eigenvalue weighted by Gasteiger charge is -2.19. The van der Waals surface area contributed by atoms with Gasteiger partial charge in [-0.3, -0.25) is 4.79 Å². The number of nitrogens with two attached hydrogens (primary N) is 1. The van der Waals surface area contributed by atoms with Crippen molar-refractivity contribution >= 4 is 17.5 Å². The molecular formula is C9H8ClNO3. The van der Waals surface area contributed by atoms with Crippen LogP contribution in [0.3, 0.4) is 0 Å². The van der Waals surface area contributed by atoms with E-state index in [-0.39, 0.29) is 10.6 Å². The summed E-state index contributed by atoms with van der Waals surface area (Å²) in [5, 5.41) is 0.279. The number of ether oxygens (including phenoxy) is 2. The van der Waals surface area contributed by atoms with Gasteiger partial charge in [-0.15, -0.1) is 0 Å². The third kappa shape index (κ3) is 1.48. The van der Waals surface area contributed by atoms with Crippen LogP contribution in [0.2, 0.25) is 5.02 Å². The van der Waals surface area contributed by atoms with Crippen molar-refractivity contribution in [2.75, 3.05) is 13.2 Å². The van der Waals surface area contributed by atoms with E-state index >= 15 is 0 Å². The molecule has 0 bridgehead atoms. The maximum atomic E-state index is 10.9. The Labute approximate surface area is 85.6 Å². The minimum absolute atomic E-state index is 0.246. The van der Waals surface area contributed by atoms with Crippen LogP contribution in [0, 0.1) is 0 Å². The number of halogens is 1. The summed E-state index contributed by atoms with van der Waals surface area (Å²) in [6, 6.07) is 3.04. The summed E-state index contributed by atoms with van der Waals surface area (Å²) >= 11 is 5.82. The Morgan fingerprint density at radius 1 is 1.29 bits per heavy atom. The molecule has 1 aliphatic heterocycles. The second kappa shape index (κ2) is 3.38. The van der Waals surface area contributed by atoms with Crippen LogP contribution in [0.25, 0.3) is 0 Å². The SMILES string of the molecule is NC(=O)c1cc2c(cc1Cl)OCCO2. The van der Waals surface area contributed by atoms with Gasteiger partial charge in [0.2, 0.25) is 5.91 Å². The number of amides is 1. The number of primary amides is 1. The highest BCUT2D eigenvalue weighted by Crippen LogP contribution is 2.34. The first kappa shape index (κ1) is 9.15. The summed E-state index contributed by atoms with van der Waals surface area (Å²) in [5.41, 5.74) is 5.37. The second-order valence-electron chi connectivity index (χ2n) is 2.84. The van der Waals surface area contributed by atoms with Gasteiger partial charge in [0.1, 0.15) is 13.2 Å². The molecule has 0 saturated carbocycles. The average Bonchev–Trinajstić information content (AvgIpc) is 2.16. The van der Waals surface area contributed by atoms with Gasteiger partial charge in [0.05, 0.1) is 10.6 Å². The molecule has 74 valence electrons. The Bertz CT molecular complexity index is 392. The first-order valence-electron chi connectivity index (χ1n) is 4.07. The van der Waals surface area contributed by atoms with E-state index in [1.165, 1.54) is 12.1 Å². The van der Waals surface area contributed by atoms with E-state index in [4.69, 9.17) is 26.8 Å². The molecule has 0 aliphatic carbocycles. The molecule has 2 rings (SSSR count). The smallest absolute Gasteiger partial charge is 0.250 e. The minimum atomic E-state index is -0.577. The maximum absolute atomic E-state index is 10.9. The number of fused-ring (bicyclic) bond motifs is 1. The summed E-state index contributed by atoms with van der Waals surface area (Å²) in [7, 11) is 0. The molecule has 1 aromatic rings. The van der Waals surface area contributed by atoms with E-state index < -0.39 is 5.91 Å². The van der Waals surface area contributed by atoms with Crippen molar-refractivity contribution in [1.82, 2.24) is 0 Å². The summed E-state index contributed by atoms with van der Waals surface area (Å²) in [6.45, 7) is 0.950. The zero-order valence-corrected chi connectivity index (χ0v) is 8.00. The first-order chi connectivity index (χ1) is 6.68. The standard InChI is InChI=1S/C9H8ClNO3/c10-6-4-8-7(13-1-2-14-8)3-5(6)9(11)12/h3-4H,1-2H2,(H2,11,12). The normalized spacial score (nSPS) is 13.8. The van der Waals surface area contributed by atoms with E-state index in [0.29, 0.717) is 24.7 Å². The van der Waals surface area contributed by atoms with Gasteiger partial charge < -0.3 is 15.2 Å². The van der Waals surface area contributed by atoms with Crippen LogP contribution in [0.1, 0.15) is 10.4 Å². The van der Waals surface area contributed by atoms with Gasteiger partial charge in [-0.25, -0.2) is 0 Å². The summed E-state index contributed by atoms with van der Waals surface area (Å²) in [6.07, 6.45) is 0. The van der Waals surface area contributed by atoms with Crippen molar-refractivity contribution < 1.29 is 14.3 Å². The van der Waals surface area contributed by atoms with Gasteiger partial charge >= 0.3 is 0 Å². The summed E-state index contributed by atoms with van der Waals surface area (Å²) < 4.78 is 10.6. The highest BCUT2D eigenvalue weighted by molar-refractivity contribution is 6.34. The van der Waals surface area contributed by atoms with Crippen LogP contribution in [-0.2, 0) is 0 Å². The van der Waals surface area contributed by atoms with Crippen LogP contribution in [-0.4, -0.2) is 19.1 Å². The van der Waals surface area contributed by atoms with Crippen LogP contribution in [0.15, 0.2) is 12.1 Å². The minimum Gasteiger partial charge on any atom is -0.486 e. The zero-order chi connectivity index (χ0) is 10.1. The maximum Gasteiger partial charge on any atom is 0.250 e. The van der Waals surface area contributed by atoms with Crippen molar-refractivity contribution in [3.8, 4) is 11.5 Å². The Morgan fingerprint density at radius 3 is 2.43 bits per heavy atom. The molecule has 1 heterocycles. The highest BCUT2D eigenvalue weighted by atomic mass is 35.5. The molecule has 4 nitrogen and oxygen atoms in total. The van der Waals surface area contributed by atoms with Crippen molar-refractivity contribution in [2.45, 2.75) is 0 Å². The van der Waals surface area contributed by atoms with Gasteiger partial charge in [0.25, 0.3) is 0 Å². The van der Waals surface area contributed by atoms with Crippen molar-refractivity contribution in [3.63, 3.8) is 0 Å². The van der Waals surface area contributed by atoms with E-state index in [1.54, 1.807) is 0 Å². The molecule has 0 saturated heterocycles. The molecule has 5 heteroatoms. The van der Waals surface area contributed by atoms with Gasteiger partial charge in [0, 0.05) is 6.07 Å². The summed E-state index contributed by atoms with van der Waals surface area (Å²) in [5.74, 6) is 0.479. The van der Waals surface area contributed by atoms with Crippen LogP contribution in [0.4, 0.5) is 0 Å². The molecule has 0 spiro atoms. The lowest BCUT2D eigenvalue weighted by atomic mass is 10.2. The topological polar surface area (TPSA) is 61.6 Å². The Balaban J connectivity index is 2.50. The summed E-state index contributed by atoms with van der Waals surface area (Å²) in [4.78, 5) is 10.9. The largest absolute Gasteiger partial charge is 0.486 e. The average molecular weight is 214 g/mol. The van der Waals surface area contributed by atoms with E-state index in [2.05, 4.69) is 0 Å². The van der Waals surface area contributed by atoms with E-state index in [1.807, 2.05) is 0 Å². The van der Waals surface area contributed by atoms with Crippen LogP contribution < -0.4 is 15.2 Å². The predicted octanol–water partition coefficient (Wildman–Crippen LogP) is 1.21. The predicted molar refractivity (Wildman–Crippen MR) is 51.0 cm³/mol. The number of carbonyl (C=O) groups excluding carboxylic acids is 1. The van der Waals surface area contributed by atoms with Crippen LogP contribution in [0.5, 0.6) is 11.5 Å². The van der Waals surface area contributed by atoms with Gasteiger partial charge in [-0.1, -0.05) is 11.6 Å². The molecule has 1 amide bonds. The van der Waals surface area contributed by atoms with Gasteiger partial charge in [0.15, 0.2) is 11.5 Å². The quantitative estimate of drug-likeness (QED) is 0.763. The molecule has 1 aliphatic rings. The molecule has 1 aromatic carbocycles. The van der Waals surface area contributed by atoms with Crippen molar-refractivity contribution in [1.29, 1.82) is 0 Å². The number of benzene rings is 1. The van der Waals surface area contributed by atoms with E-state index in [9.17, 15) is 4.79 Å². The van der Waals surface area contributed by atoms with Gasteiger partial charge in [-0.2, -0.15) is 0 Å². The Kier molecular flexibility index (Phi) is 2.21. The lowest BCUT2D eigenvalue weighted by molar-refractivity contribution is 0.0999. The highest BCUT2D eigenvalue weighted by Gasteiger charge is 2.17. The molecular weight excluding hydrogens is 206 g/mol.